The quantitative estimate of drug-likeness (QED) is 0.756. The Morgan fingerprint density at radius 3 is 2.92 bits per heavy atom. The van der Waals surface area contributed by atoms with E-state index in [1.54, 1.807) is 19.5 Å². The third kappa shape index (κ3) is 3.41. The van der Waals surface area contributed by atoms with Crippen molar-refractivity contribution < 1.29 is 9.53 Å². The zero-order chi connectivity index (χ0) is 17.9. The lowest BCUT2D eigenvalue weighted by molar-refractivity contribution is 0.0893. The molecule has 1 atom stereocenters. The number of hydrogen-bond acceptors (Lipinski definition) is 4. The number of aromatic nitrogens is 2. The number of nitrogens with zero attached hydrogens (tertiary/aromatic N) is 2. The van der Waals surface area contributed by atoms with E-state index >= 15 is 0 Å². The van der Waals surface area contributed by atoms with Crippen molar-refractivity contribution in [1.29, 1.82) is 0 Å². The van der Waals surface area contributed by atoms with Crippen LogP contribution < -0.4 is 10.2 Å². The van der Waals surface area contributed by atoms with Crippen LogP contribution in [0.3, 0.4) is 0 Å². The number of amides is 1. The molecule has 26 heavy (non-hydrogen) atoms. The van der Waals surface area contributed by atoms with E-state index in [1.165, 1.54) is 0 Å². The predicted octanol–water partition coefficient (Wildman–Crippen LogP) is 3.43. The number of benzene rings is 2. The fourth-order valence-electron chi connectivity index (χ4n) is 3.40. The normalized spacial score (nSPS) is 17.4. The molecule has 4 rings (SSSR count). The number of aromatic amines is 1. The molecule has 0 radical (unpaired) electrons. The minimum atomic E-state index is -0.133. The molecular formula is C20H22N4O2. The number of methoxy groups -OCH3 is 1. The van der Waals surface area contributed by atoms with E-state index in [2.05, 4.69) is 20.2 Å². The van der Waals surface area contributed by atoms with Gasteiger partial charge in [-0.1, -0.05) is 0 Å². The van der Waals surface area contributed by atoms with Crippen LogP contribution in [0.5, 0.6) is 0 Å². The van der Waals surface area contributed by atoms with Crippen molar-refractivity contribution in [3.05, 3.63) is 54.4 Å². The first kappa shape index (κ1) is 16.6. The van der Waals surface area contributed by atoms with Gasteiger partial charge in [-0.05, 0) is 55.3 Å². The zero-order valence-electron chi connectivity index (χ0n) is 14.7. The molecular weight excluding hydrogens is 328 g/mol. The Bertz CT molecular complexity index is 904. The number of carbonyl (C=O) groups excluding carboxylic acids is 1. The molecule has 2 heterocycles. The molecule has 134 valence electrons. The van der Waals surface area contributed by atoms with Gasteiger partial charge < -0.3 is 19.9 Å². The second-order valence-electron chi connectivity index (χ2n) is 6.58. The molecule has 0 spiro atoms. The number of carbonyl (C=O) groups is 1. The maximum absolute atomic E-state index is 12.5. The Morgan fingerprint density at radius 1 is 1.27 bits per heavy atom. The van der Waals surface area contributed by atoms with Crippen molar-refractivity contribution in [3.8, 4) is 0 Å². The minimum absolute atomic E-state index is 0.133. The van der Waals surface area contributed by atoms with Crippen LogP contribution >= 0.6 is 0 Å². The summed E-state index contributed by atoms with van der Waals surface area (Å²) in [6, 6.07) is 13.4. The summed E-state index contributed by atoms with van der Waals surface area (Å²) < 4.78 is 5.49. The van der Waals surface area contributed by atoms with E-state index in [1.807, 2.05) is 36.4 Å². The number of piperidine rings is 1. The summed E-state index contributed by atoms with van der Waals surface area (Å²) in [7, 11) is 1.77. The van der Waals surface area contributed by atoms with Gasteiger partial charge in [0.2, 0.25) is 0 Å². The van der Waals surface area contributed by atoms with E-state index in [4.69, 9.17) is 4.74 Å². The highest BCUT2D eigenvalue weighted by molar-refractivity contribution is 6.05. The van der Waals surface area contributed by atoms with Crippen LogP contribution in [0.1, 0.15) is 23.2 Å². The van der Waals surface area contributed by atoms with Gasteiger partial charge in [-0.25, -0.2) is 4.98 Å². The van der Waals surface area contributed by atoms with Crippen molar-refractivity contribution in [3.63, 3.8) is 0 Å². The van der Waals surface area contributed by atoms with E-state index in [-0.39, 0.29) is 5.91 Å². The van der Waals surface area contributed by atoms with Crippen LogP contribution in [0.2, 0.25) is 0 Å². The molecule has 1 saturated heterocycles. The van der Waals surface area contributed by atoms with E-state index in [0.29, 0.717) is 11.7 Å². The molecule has 2 N–H and O–H groups in total. The van der Waals surface area contributed by atoms with Crippen molar-refractivity contribution in [2.24, 2.45) is 0 Å². The SMILES string of the molecule is COC1CCCN(c2ccc(NC(=O)c3ccc4nc[nH]c4c3)cc2)C1. The van der Waals surface area contributed by atoms with Gasteiger partial charge in [-0.15, -0.1) is 0 Å². The molecule has 1 amide bonds. The van der Waals surface area contributed by atoms with Crippen LogP contribution in [0.4, 0.5) is 11.4 Å². The minimum Gasteiger partial charge on any atom is -0.380 e. The first-order chi connectivity index (χ1) is 12.7. The second kappa shape index (κ2) is 7.17. The maximum atomic E-state index is 12.5. The Balaban J connectivity index is 1.44. The number of ether oxygens (including phenoxy) is 1. The van der Waals surface area contributed by atoms with E-state index in [0.717, 1.165) is 48.3 Å². The summed E-state index contributed by atoms with van der Waals surface area (Å²) in [5.41, 5.74) is 4.24. The Kier molecular flexibility index (Phi) is 4.58. The number of nitrogens with one attached hydrogen (secondary N) is 2. The van der Waals surface area contributed by atoms with Crippen LogP contribution in [0.15, 0.2) is 48.8 Å². The molecule has 3 aromatic rings. The number of anilines is 2. The molecule has 6 nitrogen and oxygen atoms in total. The van der Waals surface area contributed by atoms with Crippen molar-refractivity contribution in [2.45, 2.75) is 18.9 Å². The lowest BCUT2D eigenvalue weighted by atomic mass is 10.1. The lowest BCUT2D eigenvalue weighted by Crippen LogP contribution is -2.39. The highest BCUT2D eigenvalue weighted by Gasteiger charge is 2.19. The van der Waals surface area contributed by atoms with Gasteiger partial charge in [0.05, 0.1) is 23.5 Å². The van der Waals surface area contributed by atoms with Crippen molar-refractivity contribution >= 4 is 28.3 Å². The maximum Gasteiger partial charge on any atom is 0.255 e. The molecule has 1 aromatic heterocycles. The molecule has 0 saturated carbocycles. The Morgan fingerprint density at radius 2 is 2.12 bits per heavy atom. The standard InChI is InChI=1S/C20H22N4O2/c1-26-17-3-2-10-24(12-17)16-7-5-15(6-8-16)23-20(25)14-4-9-18-19(11-14)22-13-21-18/h4-9,11,13,17H,2-3,10,12H2,1H3,(H,21,22)(H,23,25). The van der Waals surface area contributed by atoms with Gasteiger partial charge in [0.15, 0.2) is 0 Å². The smallest absolute Gasteiger partial charge is 0.255 e. The summed E-state index contributed by atoms with van der Waals surface area (Å²) in [6.45, 7) is 1.95. The van der Waals surface area contributed by atoms with Gasteiger partial charge in [0, 0.05) is 37.1 Å². The van der Waals surface area contributed by atoms with E-state index in [9.17, 15) is 4.79 Å². The van der Waals surface area contributed by atoms with Crippen LogP contribution in [-0.4, -0.2) is 42.2 Å². The molecule has 1 fully saturated rings. The third-order valence-corrected chi connectivity index (χ3v) is 4.88. The summed E-state index contributed by atoms with van der Waals surface area (Å²) in [5.74, 6) is -0.133. The largest absolute Gasteiger partial charge is 0.380 e. The van der Waals surface area contributed by atoms with Crippen molar-refractivity contribution in [2.75, 3.05) is 30.4 Å². The van der Waals surface area contributed by atoms with Crippen LogP contribution in [0.25, 0.3) is 11.0 Å². The first-order valence-electron chi connectivity index (χ1n) is 8.85. The number of fused-ring (bicyclic) bond motifs is 1. The van der Waals surface area contributed by atoms with Crippen LogP contribution in [-0.2, 0) is 4.74 Å². The number of H-pyrrole nitrogens is 1. The van der Waals surface area contributed by atoms with Gasteiger partial charge in [0.25, 0.3) is 5.91 Å². The lowest BCUT2D eigenvalue weighted by Gasteiger charge is -2.33. The summed E-state index contributed by atoms with van der Waals surface area (Å²) in [5, 5.41) is 2.95. The van der Waals surface area contributed by atoms with E-state index < -0.39 is 0 Å². The molecule has 2 aromatic carbocycles. The van der Waals surface area contributed by atoms with Crippen LogP contribution in [0, 0.1) is 0 Å². The Labute approximate surface area is 152 Å². The van der Waals surface area contributed by atoms with Gasteiger partial charge in [-0.2, -0.15) is 0 Å². The van der Waals surface area contributed by atoms with Gasteiger partial charge in [0.1, 0.15) is 0 Å². The summed E-state index contributed by atoms with van der Waals surface area (Å²) >= 11 is 0. The highest BCUT2D eigenvalue weighted by Crippen LogP contribution is 2.23. The summed E-state index contributed by atoms with van der Waals surface area (Å²) in [4.78, 5) is 22.0. The monoisotopic (exact) mass is 350 g/mol. The Hall–Kier alpha value is -2.86. The molecule has 1 aliphatic rings. The molecule has 1 aliphatic heterocycles. The predicted molar refractivity (Wildman–Crippen MR) is 103 cm³/mol. The highest BCUT2D eigenvalue weighted by atomic mass is 16.5. The zero-order valence-corrected chi connectivity index (χ0v) is 14.7. The third-order valence-electron chi connectivity index (χ3n) is 4.88. The fraction of sp³-hybridized carbons (Fsp3) is 0.300. The first-order valence-corrected chi connectivity index (χ1v) is 8.85. The molecule has 0 bridgehead atoms. The molecule has 1 unspecified atom stereocenters. The molecule has 0 aliphatic carbocycles. The van der Waals surface area contributed by atoms with Gasteiger partial charge >= 0.3 is 0 Å². The summed E-state index contributed by atoms with van der Waals surface area (Å²) in [6.07, 6.45) is 4.16. The van der Waals surface area contributed by atoms with Crippen molar-refractivity contribution in [1.82, 2.24) is 9.97 Å². The molecule has 6 heteroatoms. The average Bonchev–Trinajstić information content (AvgIpc) is 3.16. The average molecular weight is 350 g/mol. The van der Waals surface area contributed by atoms with Gasteiger partial charge in [-0.3, -0.25) is 4.79 Å². The topological polar surface area (TPSA) is 70.2 Å². The fourth-order valence-corrected chi connectivity index (χ4v) is 3.40. The number of rotatable bonds is 4. The second-order valence-corrected chi connectivity index (χ2v) is 6.58. The number of imidazole rings is 1. The number of hydrogen-bond donors (Lipinski definition) is 2.